The molecule has 24 heavy (non-hydrogen) atoms. The summed E-state index contributed by atoms with van der Waals surface area (Å²) in [6, 6.07) is 0. The first-order valence-electron chi connectivity index (χ1n) is 9.51. The maximum Gasteiger partial charge on any atom is 0.178 e. The number of carbonyl (C=O) groups is 2. The van der Waals surface area contributed by atoms with Crippen molar-refractivity contribution < 1.29 is 24.9 Å². The number of aliphatic hydroxyl groups excluding tert-OH is 2. The maximum atomic E-state index is 12.2. The van der Waals surface area contributed by atoms with Crippen molar-refractivity contribution >= 4 is 11.6 Å². The highest BCUT2D eigenvalue weighted by Gasteiger charge is 2.45. The molecule has 0 saturated heterocycles. The van der Waals surface area contributed by atoms with Crippen LogP contribution in [0.3, 0.4) is 0 Å². The van der Waals surface area contributed by atoms with Crippen molar-refractivity contribution in [3.8, 4) is 0 Å². The van der Waals surface area contributed by atoms with Crippen LogP contribution in [0.15, 0.2) is 0 Å². The molecule has 0 heterocycles. The van der Waals surface area contributed by atoms with Crippen LogP contribution >= 0.6 is 0 Å². The highest BCUT2D eigenvalue weighted by molar-refractivity contribution is 5.96. The molecule has 0 rings (SSSR count). The molecule has 5 heteroatoms. The molecule has 2 atom stereocenters. The number of Topliss-reactive ketones (excluding diaryl/α,β-unsaturated/α-hetero) is 2. The molecule has 0 radical (unpaired) electrons. The standard InChI is InChI=1S/C19H36O5/c1-3-5-7-8-9-10-12-14-17(22)19(24,15-20)18(23)16(21)13-11-6-4-2/h18,20,23-24H,3-15H2,1-2H3. The van der Waals surface area contributed by atoms with Crippen LogP contribution in [0.1, 0.15) is 90.9 Å². The van der Waals surface area contributed by atoms with Crippen LogP contribution in [0.2, 0.25) is 0 Å². The highest BCUT2D eigenvalue weighted by Crippen LogP contribution is 2.19. The Hall–Kier alpha value is -0.780. The highest BCUT2D eigenvalue weighted by atomic mass is 16.4. The van der Waals surface area contributed by atoms with Crippen LogP contribution in [0, 0.1) is 0 Å². The second-order valence-corrected chi connectivity index (χ2v) is 6.70. The van der Waals surface area contributed by atoms with Gasteiger partial charge in [0.1, 0.15) is 0 Å². The molecule has 0 spiro atoms. The molecule has 0 fully saturated rings. The Morgan fingerprint density at radius 3 is 1.83 bits per heavy atom. The van der Waals surface area contributed by atoms with Crippen LogP contribution in [-0.2, 0) is 9.59 Å². The number of hydrogen-bond acceptors (Lipinski definition) is 5. The number of hydrogen-bond donors (Lipinski definition) is 3. The van der Waals surface area contributed by atoms with E-state index in [-0.39, 0.29) is 12.8 Å². The van der Waals surface area contributed by atoms with Crippen LogP contribution in [0.5, 0.6) is 0 Å². The van der Waals surface area contributed by atoms with Gasteiger partial charge >= 0.3 is 0 Å². The van der Waals surface area contributed by atoms with E-state index in [2.05, 4.69) is 6.92 Å². The predicted octanol–water partition coefficient (Wildman–Crippen LogP) is 2.93. The maximum absolute atomic E-state index is 12.2. The molecule has 3 N–H and O–H groups in total. The third-order valence-electron chi connectivity index (χ3n) is 4.52. The van der Waals surface area contributed by atoms with Gasteiger partial charge in [-0.3, -0.25) is 9.59 Å². The average molecular weight is 344 g/mol. The van der Waals surface area contributed by atoms with E-state index in [1.807, 2.05) is 6.92 Å². The lowest BCUT2D eigenvalue weighted by molar-refractivity contribution is -0.165. The largest absolute Gasteiger partial charge is 0.393 e. The first-order valence-corrected chi connectivity index (χ1v) is 9.51. The third kappa shape index (κ3) is 8.36. The summed E-state index contributed by atoms with van der Waals surface area (Å²) in [5, 5.41) is 29.7. The Morgan fingerprint density at radius 2 is 1.29 bits per heavy atom. The Labute approximate surface area is 146 Å². The number of ketones is 2. The minimum absolute atomic E-state index is 0.0735. The van der Waals surface area contributed by atoms with E-state index in [4.69, 9.17) is 0 Å². The molecule has 0 aromatic rings. The Morgan fingerprint density at radius 1 is 0.833 bits per heavy atom. The van der Waals surface area contributed by atoms with Gasteiger partial charge in [-0.25, -0.2) is 0 Å². The van der Waals surface area contributed by atoms with Gasteiger partial charge in [0.2, 0.25) is 0 Å². The molecule has 0 aliphatic heterocycles. The quantitative estimate of drug-likeness (QED) is 0.374. The van der Waals surface area contributed by atoms with E-state index < -0.39 is 29.9 Å². The van der Waals surface area contributed by atoms with Crippen molar-refractivity contribution in [3.05, 3.63) is 0 Å². The van der Waals surface area contributed by atoms with E-state index in [1.54, 1.807) is 0 Å². The van der Waals surface area contributed by atoms with Crippen LogP contribution < -0.4 is 0 Å². The second kappa shape index (κ2) is 13.5. The van der Waals surface area contributed by atoms with E-state index in [0.29, 0.717) is 12.8 Å². The molecular formula is C19H36O5. The molecule has 0 amide bonds. The van der Waals surface area contributed by atoms with Crippen LogP contribution in [0.25, 0.3) is 0 Å². The molecule has 5 nitrogen and oxygen atoms in total. The number of unbranched alkanes of at least 4 members (excludes halogenated alkanes) is 8. The predicted molar refractivity (Wildman–Crippen MR) is 94.8 cm³/mol. The monoisotopic (exact) mass is 344 g/mol. The van der Waals surface area contributed by atoms with E-state index in [1.165, 1.54) is 19.3 Å². The van der Waals surface area contributed by atoms with Gasteiger partial charge in [-0.2, -0.15) is 0 Å². The van der Waals surface area contributed by atoms with Crippen molar-refractivity contribution in [2.24, 2.45) is 0 Å². The number of carbonyl (C=O) groups excluding carboxylic acids is 2. The molecule has 0 aliphatic rings. The summed E-state index contributed by atoms with van der Waals surface area (Å²) in [4.78, 5) is 24.1. The van der Waals surface area contributed by atoms with Crippen molar-refractivity contribution in [3.63, 3.8) is 0 Å². The molecule has 0 aromatic carbocycles. The fraction of sp³-hybridized carbons (Fsp3) is 0.895. The Bertz CT molecular complexity index is 356. The van der Waals surface area contributed by atoms with E-state index in [0.717, 1.165) is 32.1 Å². The summed E-state index contributed by atoms with van der Waals surface area (Å²) in [5.74, 6) is -1.22. The molecule has 142 valence electrons. The fourth-order valence-electron chi connectivity index (χ4n) is 2.74. The topological polar surface area (TPSA) is 94.8 Å². The first-order chi connectivity index (χ1) is 11.4. The van der Waals surface area contributed by atoms with Gasteiger partial charge in [0.05, 0.1) is 6.61 Å². The summed E-state index contributed by atoms with van der Waals surface area (Å²) in [6.45, 7) is 3.23. The van der Waals surface area contributed by atoms with Gasteiger partial charge < -0.3 is 15.3 Å². The molecule has 0 aliphatic carbocycles. The molecule has 0 bridgehead atoms. The van der Waals surface area contributed by atoms with Crippen molar-refractivity contribution in [2.75, 3.05) is 6.61 Å². The number of aliphatic hydroxyl groups is 3. The number of rotatable bonds is 16. The minimum atomic E-state index is -2.36. The smallest absolute Gasteiger partial charge is 0.178 e. The second-order valence-electron chi connectivity index (χ2n) is 6.70. The van der Waals surface area contributed by atoms with Gasteiger partial charge in [-0.05, 0) is 12.8 Å². The summed E-state index contributed by atoms with van der Waals surface area (Å²) in [7, 11) is 0. The molecule has 2 unspecified atom stereocenters. The van der Waals surface area contributed by atoms with Crippen molar-refractivity contribution in [1.29, 1.82) is 0 Å². The van der Waals surface area contributed by atoms with Gasteiger partial charge in [0.25, 0.3) is 0 Å². The molecule has 0 aromatic heterocycles. The van der Waals surface area contributed by atoms with Gasteiger partial charge in [0, 0.05) is 12.8 Å². The van der Waals surface area contributed by atoms with Gasteiger partial charge in [0.15, 0.2) is 23.3 Å². The SMILES string of the molecule is CCCCCCCCCC(=O)C(O)(CO)C(O)C(=O)CCCCC. The van der Waals surface area contributed by atoms with Crippen LogP contribution in [0.4, 0.5) is 0 Å². The molecular weight excluding hydrogens is 308 g/mol. The van der Waals surface area contributed by atoms with Gasteiger partial charge in [-0.1, -0.05) is 65.2 Å². The Balaban J connectivity index is 4.29. The van der Waals surface area contributed by atoms with Crippen molar-refractivity contribution in [1.82, 2.24) is 0 Å². The Kier molecular flexibility index (Phi) is 13.1. The fourth-order valence-corrected chi connectivity index (χ4v) is 2.74. The van der Waals surface area contributed by atoms with Crippen molar-refractivity contribution in [2.45, 2.75) is 103 Å². The summed E-state index contributed by atoms with van der Waals surface area (Å²) in [5.41, 5.74) is -2.36. The summed E-state index contributed by atoms with van der Waals surface area (Å²) in [6.07, 6.45) is 7.98. The lowest BCUT2D eigenvalue weighted by Gasteiger charge is -2.28. The summed E-state index contributed by atoms with van der Waals surface area (Å²) >= 11 is 0. The lowest BCUT2D eigenvalue weighted by Crippen LogP contribution is -2.55. The zero-order chi connectivity index (χ0) is 18.4. The zero-order valence-electron chi connectivity index (χ0n) is 15.4. The van der Waals surface area contributed by atoms with E-state index >= 15 is 0 Å². The minimum Gasteiger partial charge on any atom is -0.393 e. The van der Waals surface area contributed by atoms with E-state index in [9.17, 15) is 24.9 Å². The van der Waals surface area contributed by atoms with Crippen LogP contribution in [-0.4, -0.2) is 45.2 Å². The average Bonchev–Trinajstić information content (AvgIpc) is 2.59. The lowest BCUT2D eigenvalue weighted by atomic mass is 9.86. The van der Waals surface area contributed by atoms with Gasteiger partial charge in [-0.15, -0.1) is 0 Å². The zero-order valence-corrected chi connectivity index (χ0v) is 15.4. The molecule has 0 saturated carbocycles. The first kappa shape index (κ1) is 23.2. The third-order valence-corrected chi connectivity index (χ3v) is 4.52. The normalized spacial score (nSPS) is 15.0. The summed E-state index contributed by atoms with van der Waals surface area (Å²) < 4.78 is 0.